The van der Waals surface area contributed by atoms with Crippen LogP contribution in [0.4, 0.5) is 0 Å². The number of aromatic carboxylic acids is 1. The van der Waals surface area contributed by atoms with Crippen LogP contribution in [0.5, 0.6) is 0 Å². The maximum Gasteiger partial charge on any atom is 0.340 e. The summed E-state index contributed by atoms with van der Waals surface area (Å²) in [6, 6.07) is 9.14. The van der Waals surface area contributed by atoms with Crippen molar-refractivity contribution < 1.29 is 19.4 Å². The van der Waals surface area contributed by atoms with E-state index in [0.717, 1.165) is 5.56 Å². The zero-order valence-corrected chi connectivity index (χ0v) is 17.6. The van der Waals surface area contributed by atoms with E-state index in [9.17, 15) is 14.7 Å². The summed E-state index contributed by atoms with van der Waals surface area (Å²) < 4.78 is 6.81. The fourth-order valence-corrected chi connectivity index (χ4v) is 4.27. The minimum absolute atomic E-state index is 0.0521. The standard InChI is InChI=1S/C15H8Br4O4/c16-10-8(14(20)21)9(11(17)13(19)12(10)18)15(22)23-6-7-4-2-1-3-5-7/h1-5H,6H2,(H,20,21). The number of esters is 1. The summed E-state index contributed by atoms with van der Waals surface area (Å²) in [5.74, 6) is -1.97. The number of rotatable bonds is 4. The number of carbonyl (C=O) groups excluding carboxylic acids is 1. The second-order valence-electron chi connectivity index (χ2n) is 4.37. The molecule has 0 bridgehead atoms. The average molecular weight is 572 g/mol. The van der Waals surface area contributed by atoms with Crippen molar-refractivity contribution in [1.29, 1.82) is 0 Å². The Labute approximate surface area is 165 Å². The second-order valence-corrected chi connectivity index (χ2v) is 7.54. The van der Waals surface area contributed by atoms with Crippen molar-refractivity contribution in [3.05, 3.63) is 64.9 Å². The molecule has 0 aliphatic carbocycles. The van der Waals surface area contributed by atoms with Crippen molar-refractivity contribution >= 4 is 75.7 Å². The maximum absolute atomic E-state index is 12.4. The molecule has 8 heteroatoms. The van der Waals surface area contributed by atoms with Crippen LogP contribution in [0, 0.1) is 0 Å². The van der Waals surface area contributed by atoms with Gasteiger partial charge in [-0.3, -0.25) is 0 Å². The Hall–Kier alpha value is -0.700. The van der Waals surface area contributed by atoms with Crippen LogP contribution in [-0.4, -0.2) is 17.0 Å². The highest BCUT2D eigenvalue weighted by Gasteiger charge is 2.28. The average Bonchev–Trinajstić information content (AvgIpc) is 2.54. The summed E-state index contributed by atoms with van der Waals surface area (Å²) in [5, 5.41) is 9.43. The molecule has 0 aliphatic rings. The van der Waals surface area contributed by atoms with Gasteiger partial charge in [-0.25, -0.2) is 9.59 Å². The number of hydrogen-bond donors (Lipinski definition) is 1. The van der Waals surface area contributed by atoms with Crippen LogP contribution in [0.3, 0.4) is 0 Å². The molecule has 4 nitrogen and oxygen atoms in total. The number of ether oxygens (including phenoxy) is 1. The van der Waals surface area contributed by atoms with Gasteiger partial charge in [-0.15, -0.1) is 0 Å². The molecule has 0 aliphatic heterocycles. The molecule has 1 N–H and O–H groups in total. The number of carboxylic acid groups (broad SMARTS) is 1. The van der Waals surface area contributed by atoms with Gasteiger partial charge in [-0.1, -0.05) is 30.3 Å². The molecule has 0 spiro atoms. The fraction of sp³-hybridized carbons (Fsp3) is 0.0667. The molecular weight excluding hydrogens is 564 g/mol. The summed E-state index contributed by atoms with van der Waals surface area (Å²) >= 11 is 13.0. The molecule has 0 saturated heterocycles. The van der Waals surface area contributed by atoms with E-state index in [0.29, 0.717) is 13.4 Å². The van der Waals surface area contributed by atoms with E-state index in [4.69, 9.17) is 4.74 Å². The number of hydrogen-bond acceptors (Lipinski definition) is 3. The van der Waals surface area contributed by atoms with Gasteiger partial charge >= 0.3 is 11.9 Å². The van der Waals surface area contributed by atoms with Crippen molar-refractivity contribution in [1.82, 2.24) is 0 Å². The lowest BCUT2D eigenvalue weighted by Crippen LogP contribution is -2.14. The fourth-order valence-electron chi connectivity index (χ4n) is 1.82. The number of benzene rings is 2. The van der Waals surface area contributed by atoms with E-state index in [2.05, 4.69) is 63.7 Å². The maximum atomic E-state index is 12.4. The molecule has 0 fully saturated rings. The predicted molar refractivity (Wildman–Crippen MR) is 99.8 cm³/mol. The Kier molecular flexibility index (Phi) is 6.41. The zero-order chi connectivity index (χ0) is 17.1. The Morgan fingerprint density at radius 2 is 1.39 bits per heavy atom. The van der Waals surface area contributed by atoms with Gasteiger partial charge in [0.2, 0.25) is 0 Å². The quantitative estimate of drug-likeness (QED) is 0.287. The molecule has 0 unspecified atom stereocenters. The van der Waals surface area contributed by atoms with E-state index in [1.165, 1.54) is 0 Å². The first-order chi connectivity index (χ1) is 10.8. The van der Waals surface area contributed by atoms with E-state index in [-0.39, 0.29) is 22.2 Å². The van der Waals surface area contributed by atoms with Gasteiger partial charge in [-0.05, 0) is 69.3 Å². The van der Waals surface area contributed by atoms with Crippen molar-refractivity contribution in [2.24, 2.45) is 0 Å². The van der Waals surface area contributed by atoms with Crippen LogP contribution < -0.4 is 0 Å². The minimum Gasteiger partial charge on any atom is -0.478 e. The first-order valence-electron chi connectivity index (χ1n) is 6.14. The summed E-state index contributed by atoms with van der Waals surface area (Å²) in [4.78, 5) is 23.9. The summed E-state index contributed by atoms with van der Waals surface area (Å²) in [7, 11) is 0. The Morgan fingerprint density at radius 1 is 0.870 bits per heavy atom. The van der Waals surface area contributed by atoms with Crippen LogP contribution in [0.15, 0.2) is 48.2 Å². The molecule has 0 amide bonds. The summed E-state index contributed by atoms with van der Waals surface area (Å²) in [6.07, 6.45) is 0. The lowest BCUT2D eigenvalue weighted by molar-refractivity contribution is 0.0462. The van der Waals surface area contributed by atoms with Gasteiger partial charge in [0.05, 0.1) is 11.1 Å². The second kappa shape index (κ2) is 7.92. The highest BCUT2D eigenvalue weighted by molar-refractivity contribution is 9.15. The molecule has 0 aromatic heterocycles. The third-order valence-corrected chi connectivity index (χ3v) is 7.67. The van der Waals surface area contributed by atoms with Crippen LogP contribution >= 0.6 is 63.7 Å². The highest BCUT2D eigenvalue weighted by atomic mass is 79.9. The van der Waals surface area contributed by atoms with E-state index in [1.54, 1.807) is 0 Å². The van der Waals surface area contributed by atoms with Gasteiger partial charge in [0.1, 0.15) is 6.61 Å². The normalized spacial score (nSPS) is 10.4. The third-order valence-electron chi connectivity index (χ3n) is 2.90. The first kappa shape index (κ1) is 18.6. The highest BCUT2D eigenvalue weighted by Crippen LogP contribution is 2.42. The zero-order valence-electron chi connectivity index (χ0n) is 11.3. The molecule has 0 atom stereocenters. The van der Waals surface area contributed by atoms with Crippen LogP contribution in [-0.2, 0) is 11.3 Å². The molecule has 2 aromatic rings. The molecule has 2 rings (SSSR count). The van der Waals surface area contributed by atoms with Gasteiger partial charge in [0.15, 0.2) is 0 Å². The third kappa shape index (κ3) is 4.04. The summed E-state index contributed by atoms with van der Waals surface area (Å²) in [5.41, 5.74) is 0.574. The van der Waals surface area contributed by atoms with Crippen molar-refractivity contribution in [3.63, 3.8) is 0 Å². The molecule has 0 saturated carbocycles. The lowest BCUT2D eigenvalue weighted by atomic mass is 10.1. The van der Waals surface area contributed by atoms with Crippen molar-refractivity contribution in [2.75, 3.05) is 0 Å². The molecule has 0 heterocycles. The largest absolute Gasteiger partial charge is 0.478 e. The van der Waals surface area contributed by atoms with Gasteiger partial charge < -0.3 is 9.84 Å². The monoisotopic (exact) mass is 568 g/mol. The number of halogens is 4. The van der Waals surface area contributed by atoms with Gasteiger partial charge in [0, 0.05) is 17.9 Å². The van der Waals surface area contributed by atoms with Gasteiger partial charge in [-0.2, -0.15) is 0 Å². The van der Waals surface area contributed by atoms with Crippen LogP contribution in [0.1, 0.15) is 26.3 Å². The SMILES string of the molecule is O=C(O)c1c(Br)c(Br)c(Br)c(Br)c1C(=O)OCc1ccccc1. The van der Waals surface area contributed by atoms with Gasteiger partial charge in [0.25, 0.3) is 0 Å². The van der Waals surface area contributed by atoms with E-state index in [1.807, 2.05) is 30.3 Å². The Morgan fingerprint density at radius 3 is 1.91 bits per heavy atom. The van der Waals surface area contributed by atoms with Crippen molar-refractivity contribution in [3.8, 4) is 0 Å². The van der Waals surface area contributed by atoms with E-state index >= 15 is 0 Å². The topological polar surface area (TPSA) is 63.6 Å². The number of carbonyl (C=O) groups is 2. The molecule has 2 aromatic carbocycles. The van der Waals surface area contributed by atoms with Crippen LogP contribution in [0.25, 0.3) is 0 Å². The molecule has 120 valence electrons. The molecular formula is C15H8Br4O4. The van der Waals surface area contributed by atoms with Crippen molar-refractivity contribution in [2.45, 2.75) is 6.61 Å². The number of carboxylic acids is 1. The predicted octanol–water partition coefficient (Wildman–Crippen LogP) is 5.79. The summed E-state index contributed by atoms with van der Waals surface area (Å²) in [6.45, 7) is 0.0521. The first-order valence-corrected chi connectivity index (χ1v) is 9.32. The Balaban J connectivity index is 2.41. The Bertz CT molecular complexity index is 775. The molecule has 0 radical (unpaired) electrons. The van der Waals surface area contributed by atoms with Crippen LogP contribution in [0.2, 0.25) is 0 Å². The molecule has 23 heavy (non-hydrogen) atoms. The minimum atomic E-state index is -1.24. The smallest absolute Gasteiger partial charge is 0.340 e. The van der Waals surface area contributed by atoms with E-state index < -0.39 is 11.9 Å². The lowest BCUT2D eigenvalue weighted by Gasteiger charge is -2.14.